The Labute approximate surface area is 172 Å². The average molecular weight is 417 g/mol. The molecule has 0 fully saturated rings. The monoisotopic (exact) mass is 417 g/mol. The summed E-state index contributed by atoms with van der Waals surface area (Å²) in [4.78, 5) is 21.4. The van der Waals surface area contributed by atoms with Gasteiger partial charge in [0.25, 0.3) is 0 Å². The summed E-state index contributed by atoms with van der Waals surface area (Å²) in [6.07, 6.45) is 1.16. The molecule has 1 aromatic rings. The molecule has 0 aromatic heterocycles. The van der Waals surface area contributed by atoms with Gasteiger partial charge in [-0.25, -0.2) is 4.99 Å². The largest absolute Gasteiger partial charge is 0.416 e. The molecule has 6 nitrogen and oxygen atoms in total. The van der Waals surface area contributed by atoms with Gasteiger partial charge in [0.2, 0.25) is 5.91 Å². The van der Waals surface area contributed by atoms with Crippen LogP contribution in [-0.4, -0.2) is 41.9 Å². The van der Waals surface area contributed by atoms with Crippen LogP contribution < -0.4 is 5.73 Å². The van der Waals surface area contributed by atoms with E-state index >= 15 is 0 Å². The summed E-state index contributed by atoms with van der Waals surface area (Å²) >= 11 is 0. The lowest BCUT2D eigenvalue weighted by Gasteiger charge is -2.16. The van der Waals surface area contributed by atoms with Crippen LogP contribution in [0.3, 0.4) is 0 Å². The number of benzene rings is 1. The summed E-state index contributed by atoms with van der Waals surface area (Å²) in [5.74, 6) is -0.283. The van der Waals surface area contributed by atoms with Gasteiger partial charge in [0.05, 0.1) is 11.8 Å². The highest BCUT2D eigenvalue weighted by Crippen LogP contribution is 2.37. The molecule has 0 saturated carbocycles. The second kappa shape index (κ2) is 9.82. The van der Waals surface area contributed by atoms with Gasteiger partial charge in [0, 0.05) is 13.1 Å². The van der Waals surface area contributed by atoms with Gasteiger partial charge in [-0.2, -0.15) is 13.2 Å². The van der Waals surface area contributed by atoms with Crippen molar-refractivity contribution in [2.24, 2.45) is 15.7 Å². The number of aliphatic imine (C=N–C) groups is 2. The Kier molecular flexibility index (Phi) is 7.46. The number of hydrogen-bond donors (Lipinski definition) is 2. The van der Waals surface area contributed by atoms with E-state index in [1.807, 2.05) is 0 Å². The van der Waals surface area contributed by atoms with Gasteiger partial charge < -0.3 is 16.0 Å². The third-order valence-corrected chi connectivity index (χ3v) is 4.42. The summed E-state index contributed by atoms with van der Waals surface area (Å²) in [6, 6.07) is 5.02. The molecule has 0 bridgehead atoms. The smallest absolute Gasteiger partial charge is 0.382 e. The Morgan fingerprint density at radius 3 is 2.63 bits per heavy atom. The van der Waals surface area contributed by atoms with E-state index in [1.165, 1.54) is 19.1 Å². The van der Waals surface area contributed by atoms with Crippen molar-refractivity contribution in [3.63, 3.8) is 0 Å². The van der Waals surface area contributed by atoms with Crippen molar-refractivity contribution >= 4 is 29.9 Å². The molecular weight excluding hydrogens is 395 g/mol. The summed E-state index contributed by atoms with van der Waals surface area (Å²) < 4.78 is 40.2. The minimum Gasteiger partial charge on any atom is -0.382 e. The fraction of sp³-hybridized carbons (Fsp3) is 0.238. The number of halogens is 3. The van der Waals surface area contributed by atoms with Gasteiger partial charge in [0.1, 0.15) is 18.7 Å². The van der Waals surface area contributed by atoms with Crippen LogP contribution in [0.5, 0.6) is 0 Å². The van der Waals surface area contributed by atoms with Crippen molar-refractivity contribution in [1.29, 1.82) is 5.41 Å². The number of nitrogens with zero attached hydrogens (tertiary/aromatic N) is 3. The highest BCUT2D eigenvalue weighted by atomic mass is 19.4. The molecule has 2 rings (SSSR count). The average Bonchev–Trinajstić information content (AvgIpc) is 3.13. The summed E-state index contributed by atoms with van der Waals surface area (Å²) in [5, 5.41) is 6.89. The Morgan fingerprint density at radius 2 is 2.03 bits per heavy atom. The molecule has 9 heteroatoms. The van der Waals surface area contributed by atoms with E-state index in [2.05, 4.69) is 16.6 Å². The number of alkyl halides is 3. The molecule has 3 N–H and O–H groups in total. The van der Waals surface area contributed by atoms with Crippen molar-refractivity contribution in [3.05, 3.63) is 65.3 Å². The van der Waals surface area contributed by atoms with Crippen molar-refractivity contribution in [1.82, 2.24) is 4.90 Å². The number of fused-ring (bicyclic) bond motifs is 1. The number of amidine groups is 1. The van der Waals surface area contributed by atoms with Gasteiger partial charge in [-0.3, -0.25) is 9.79 Å². The second-order valence-electron chi connectivity index (χ2n) is 6.40. The molecule has 0 radical (unpaired) electrons. The van der Waals surface area contributed by atoms with Crippen LogP contribution in [0.2, 0.25) is 0 Å². The standard InChI is InChI=1S/C21H22F3N5O/c1-3-5-17(18(4-2)21(22,23)24)14-6-7-15-11-29(12-16(15)8-14)20(30)10-27-13-28-19(26)9-25/h3-9,13,25H,1,10-12H2,2H3,(H2,26,27,28)/b17-5-,18-4+,25-9?. The van der Waals surface area contributed by atoms with Crippen LogP contribution in [0.25, 0.3) is 5.57 Å². The maximum absolute atomic E-state index is 13.4. The Balaban J connectivity index is 2.19. The van der Waals surface area contributed by atoms with Crippen molar-refractivity contribution in [2.75, 3.05) is 6.54 Å². The van der Waals surface area contributed by atoms with Gasteiger partial charge in [0.15, 0.2) is 0 Å². The lowest BCUT2D eigenvalue weighted by molar-refractivity contribution is -0.130. The molecule has 30 heavy (non-hydrogen) atoms. The number of nitrogens with two attached hydrogens (primary N) is 1. The van der Waals surface area contributed by atoms with E-state index in [-0.39, 0.29) is 30.4 Å². The minimum atomic E-state index is -4.49. The molecule has 1 heterocycles. The summed E-state index contributed by atoms with van der Waals surface area (Å²) in [5.41, 5.74) is 6.66. The van der Waals surface area contributed by atoms with Gasteiger partial charge in [-0.15, -0.1) is 0 Å². The summed E-state index contributed by atoms with van der Waals surface area (Å²) in [7, 11) is 0. The van der Waals surface area contributed by atoms with E-state index < -0.39 is 11.7 Å². The van der Waals surface area contributed by atoms with Crippen LogP contribution in [0.1, 0.15) is 23.6 Å². The second-order valence-corrected chi connectivity index (χ2v) is 6.40. The number of carbonyl (C=O) groups is 1. The third kappa shape index (κ3) is 5.53. The lowest BCUT2D eigenvalue weighted by atomic mass is 9.94. The van der Waals surface area contributed by atoms with E-state index in [9.17, 15) is 18.0 Å². The fourth-order valence-electron chi connectivity index (χ4n) is 3.03. The fourth-order valence-corrected chi connectivity index (χ4v) is 3.03. The molecule has 1 aliphatic heterocycles. The number of rotatable bonds is 7. The molecule has 1 amide bonds. The van der Waals surface area contributed by atoms with Crippen molar-refractivity contribution in [3.8, 4) is 0 Å². The minimum absolute atomic E-state index is 0.0267. The molecular formula is C21H22F3N5O. The maximum atomic E-state index is 13.4. The Morgan fingerprint density at radius 1 is 1.33 bits per heavy atom. The Hall–Kier alpha value is -3.49. The summed E-state index contributed by atoms with van der Waals surface area (Å²) in [6.45, 7) is 5.35. The molecule has 0 aliphatic carbocycles. The zero-order valence-corrected chi connectivity index (χ0v) is 16.4. The van der Waals surface area contributed by atoms with Gasteiger partial charge >= 0.3 is 6.18 Å². The Bertz CT molecular complexity index is 958. The number of nitrogens with one attached hydrogen (secondary N) is 1. The molecule has 1 aromatic carbocycles. The first-order chi connectivity index (χ1) is 14.2. The SMILES string of the molecule is C=C/C=C(\C(=C/C)C(F)(F)F)c1ccc2c(c1)CN(C(=O)CN=CN=C(N)C=N)C2. The van der Waals surface area contributed by atoms with Crippen LogP contribution in [0.15, 0.2) is 58.6 Å². The van der Waals surface area contributed by atoms with E-state index in [4.69, 9.17) is 11.1 Å². The van der Waals surface area contributed by atoms with Crippen molar-refractivity contribution in [2.45, 2.75) is 26.2 Å². The van der Waals surface area contributed by atoms with E-state index in [0.717, 1.165) is 29.8 Å². The number of carbonyl (C=O) groups excluding carboxylic acids is 1. The molecule has 0 unspecified atom stereocenters. The van der Waals surface area contributed by atoms with Crippen molar-refractivity contribution < 1.29 is 18.0 Å². The van der Waals surface area contributed by atoms with E-state index in [1.54, 1.807) is 23.1 Å². The highest BCUT2D eigenvalue weighted by Gasteiger charge is 2.36. The first kappa shape index (κ1) is 22.8. The normalized spacial score (nSPS) is 15.5. The third-order valence-electron chi connectivity index (χ3n) is 4.42. The van der Waals surface area contributed by atoms with Gasteiger partial charge in [-0.1, -0.05) is 36.9 Å². The highest BCUT2D eigenvalue weighted by molar-refractivity contribution is 6.28. The zero-order chi connectivity index (χ0) is 22.3. The lowest BCUT2D eigenvalue weighted by Crippen LogP contribution is -2.27. The predicted molar refractivity (Wildman–Crippen MR) is 112 cm³/mol. The quantitative estimate of drug-likeness (QED) is 0.403. The number of hydrogen-bond acceptors (Lipinski definition) is 3. The zero-order valence-electron chi connectivity index (χ0n) is 16.4. The maximum Gasteiger partial charge on any atom is 0.416 e. The molecule has 1 aliphatic rings. The van der Waals surface area contributed by atoms with Gasteiger partial charge in [-0.05, 0) is 35.3 Å². The van der Waals surface area contributed by atoms with Crippen LogP contribution in [0, 0.1) is 5.41 Å². The predicted octanol–water partition coefficient (Wildman–Crippen LogP) is 3.64. The first-order valence-electron chi connectivity index (χ1n) is 8.99. The van der Waals surface area contributed by atoms with Crippen LogP contribution in [0.4, 0.5) is 13.2 Å². The molecule has 0 atom stereocenters. The number of allylic oxidation sites excluding steroid dienone is 5. The molecule has 0 saturated heterocycles. The molecule has 0 spiro atoms. The van der Waals surface area contributed by atoms with E-state index in [0.29, 0.717) is 12.1 Å². The molecule has 158 valence electrons. The first-order valence-corrected chi connectivity index (χ1v) is 8.99. The van der Waals surface area contributed by atoms with Crippen LogP contribution in [-0.2, 0) is 17.9 Å². The topological polar surface area (TPSA) is 94.9 Å². The number of amides is 1. The van der Waals surface area contributed by atoms with Crippen LogP contribution >= 0.6 is 0 Å².